The van der Waals surface area contributed by atoms with E-state index >= 15 is 0 Å². The highest BCUT2D eigenvalue weighted by molar-refractivity contribution is 7.89. The molecule has 1 saturated carbocycles. The second kappa shape index (κ2) is 11.8. The largest absolute Gasteiger partial charge is 0.426 e. The maximum Gasteiger partial charge on any atom is 0.426 e. The summed E-state index contributed by atoms with van der Waals surface area (Å²) >= 11 is 0. The van der Waals surface area contributed by atoms with E-state index in [9.17, 15) is 18.3 Å². The van der Waals surface area contributed by atoms with Crippen molar-refractivity contribution in [2.75, 3.05) is 25.9 Å². The van der Waals surface area contributed by atoms with Gasteiger partial charge in [-0.2, -0.15) is 4.48 Å². The Balaban J connectivity index is 1.43. The Morgan fingerprint density at radius 2 is 1.79 bits per heavy atom. The van der Waals surface area contributed by atoms with E-state index < -0.39 is 22.2 Å². The van der Waals surface area contributed by atoms with E-state index in [0.29, 0.717) is 44.5 Å². The molecule has 4 aliphatic rings. The van der Waals surface area contributed by atoms with Gasteiger partial charge in [-0.1, -0.05) is 70.5 Å². The van der Waals surface area contributed by atoms with E-state index in [1.807, 2.05) is 49.5 Å². The van der Waals surface area contributed by atoms with Crippen LogP contribution in [0, 0.1) is 10.8 Å². The third-order valence-corrected chi connectivity index (χ3v) is 12.2. The maximum absolute atomic E-state index is 14.5. The minimum absolute atomic E-state index is 0.0175. The fraction of sp³-hybridized carbons (Fsp3) is 0.618. The Morgan fingerprint density at radius 1 is 1.12 bits per heavy atom. The van der Waals surface area contributed by atoms with Gasteiger partial charge in [0, 0.05) is 31.6 Å². The number of benzene rings is 1. The van der Waals surface area contributed by atoms with Crippen LogP contribution in [0.25, 0.3) is 0 Å². The first-order valence-electron chi connectivity index (χ1n) is 16.0. The van der Waals surface area contributed by atoms with Gasteiger partial charge in [0.15, 0.2) is 0 Å². The number of quaternary nitrogens is 1. The van der Waals surface area contributed by atoms with Gasteiger partial charge < -0.3 is 10.4 Å². The summed E-state index contributed by atoms with van der Waals surface area (Å²) in [6, 6.07) is 9.57. The van der Waals surface area contributed by atoms with Gasteiger partial charge >= 0.3 is 6.03 Å². The number of hydrogen-bond acceptors (Lipinski definition) is 5. The zero-order chi connectivity index (χ0) is 31.2. The molecule has 2 aliphatic heterocycles. The second-order valence-corrected chi connectivity index (χ2v) is 16.4. The molecule has 0 radical (unpaired) electrons. The number of carbonyl (C=O) groups is 1. The Kier molecular flexibility index (Phi) is 8.77. The van der Waals surface area contributed by atoms with Gasteiger partial charge in [0.05, 0.1) is 35.7 Å². The highest BCUT2D eigenvalue weighted by Crippen LogP contribution is 2.48. The number of aliphatic hydroxyl groups is 1. The fourth-order valence-electron chi connectivity index (χ4n) is 8.19. The zero-order valence-corrected chi connectivity index (χ0v) is 27.6. The molecule has 1 unspecified atom stereocenters. The molecule has 2 fully saturated rings. The molecule has 5 rings (SSSR count). The number of carbonyl (C=O) groups excluding carboxylic acids is 1. The summed E-state index contributed by atoms with van der Waals surface area (Å²) in [4.78, 5) is 14.5. The minimum Gasteiger partial charge on any atom is -0.390 e. The quantitative estimate of drug-likeness (QED) is 0.352. The predicted molar refractivity (Wildman–Crippen MR) is 171 cm³/mol. The number of amides is 2. The molecule has 9 heteroatoms. The third kappa shape index (κ3) is 5.98. The van der Waals surface area contributed by atoms with Crippen LogP contribution in [0.4, 0.5) is 4.79 Å². The third-order valence-electron chi connectivity index (χ3n) is 10.5. The van der Waals surface area contributed by atoms with Crippen LogP contribution in [0.5, 0.6) is 0 Å². The van der Waals surface area contributed by atoms with E-state index in [-0.39, 0.29) is 33.1 Å². The molecule has 1 aromatic rings. The first kappa shape index (κ1) is 31.9. The lowest BCUT2D eigenvalue weighted by Crippen LogP contribution is -2.60. The molecule has 2 amide bonds. The van der Waals surface area contributed by atoms with Crippen LogP contribution in [0.15, 0.2) is 65.1 Å². The molecule has 236 valence electrons. The smallest absolute Gasteiger partial charge is 0.390 e. The van der Waals surface area contributed by atoms with Crippen molar-refractivity contribution in [1.82, 2.24) is 14.9 Å². The van der Waals surface area contributed by atoms with Crippen molar-refractivity contribution >= 4 is 16.1 Å². The van der Waals surface area contributed by atoms with E-state index in [1.165, 1.54) is 10.7 Å². The van der Waals surface area contributed by atoms with E-state index in [0.717, 1.165) is 35.2 Å². The molecule has 2 heterocycles. The lowest BCUT2D eigenvalue weighted by Gasteiger charge is -2.50. The maximum atomic E-state index is 14.5. The van der Waals surface area contributed by atoms with Crippen LogP contribution in [0.1, 0.15) is 78.7 Å². The number of rotatable bonds is 8. The zero-order valence-electron chi connectivity index (χ0n) is 26.8. The minimum atomic E-state index is -3.41. The first-order valence-corrected chi connectivity index (χ1v) is 17.6. The van der Waals surface area contributed by atoms with Crippen molar-refractivity contribution in [3.8, 4) is 0 Å². The number of sulfonamides is 1. The molecule has 0 spiro atoms. The van der Waals surface area contributed by atoms with Crippen LogP contribution in [0.3, 0.4) is 0 Å². The normalized spacial score (nSPS) is 27.5. The summed E-state index contributed by atoms with van der Waals surface area (Å²) in [6.45, 7) is 12.1. The molecule has 1 aromatic carbocycles. The van der Waals surface area contributed by atoms with Gasteiger partial charge in [-0.3, -0.25) is 9.62 Å². The van der Waals surface area contributed by atoms with Crippen molar-refractivity contribution in [3.63, 3.8) is 0 Å². The molecule has 2 aliphatic carbocycles. The van der Waals surface area contributed by atoms with Crippen molar-refractivity contribution in [2.24, 2.45) is 10.8 Å². The van der Waals surface area contributed by atoms with E-state index in [1.54, 1.807) is 7.05 Å². The van der Waals surface area contributed by atoms with Crippen LogP contribution < -0.4 is 10.6 Å². The molecule has 8 nitrogen and oxygen atoms in total. The van der Waals surface area contributed by atoms with Gasteiger partial charge in [0.1, 0.15) is 11.9 Å². The standard InChI is InChI=1S/C34H50N4O4S/c1-7-38(23-25-17-20-43(41,42)37(6)27-15-11-16-28(38)30(25)27)32(40)36-26(21-24-13-9-8-10-14-24)29(39)22-35-31-33(2,3)18-12-19-34(31,4)5/h8-10,13-15,23,26,29,31,35,39H,7,11-12,16-22H2,1-6H3/p+1/t26-,29+,38?/m0/s1. The number of nitrogens with one attached hydrogen (secondary N) is 2. The number of aliphatic hydroxyl groups excluding tert-OH is 1. The lowest BCUT2D eigenvalue weighted by molar-refractivity contribution is -0.755. The van der Waals surface area contributed by atoms with Crippen molar-refractivity contribution in [1.29, 1.82) is 0 Å². The summed E-state index contributed by atoms with van der Waals surface area (Å²) in [6.07, 6.45) is 8.91. The van der Waals surface area contributed by atoms with Gasteiger partial charge in [-0.05, 0) is 55.4 Å². The molecule has 3 N–H and O–H groups in total. The van der Waals surface area contributed by atoms with Gasteiger partial charge in [-0.25, -0.2) is 13.2 Å². The second-order valence-electron chi connectivity index (χ2n) is 14.3. The summed E-state index contributed by atoms with van der Waals surface area (Å²) in [5.74, 6) is 0.0175. The highest BCUT2D eigenvalue weighted by atomic mass is 32.2. The summed E-state index contributed by atoms with van der Waals surface area (Å²) in [5, 5.41) is 18.7. The first-order chi connectivity index (χ1) is 20.2. The summed E-state index contributed by atoms with van der Waals surface area (Å²) in [5.41, 5.74) is 4.74. The Hall–Kier alpha value is -2.46. The van der Waals surface area contributed by atoms with Crippen LogP contribution >= 0.6 is 0 Å². The molecule has 3 atom stereocenters. The summed E-state index contributed by atoms with van der Waals surface area (Å²) in [7, 11) is -1.79. The fourth-order valence-corrected chi connectivity index (χ4v) is 9.41. The Bertz CT molecular complexity index is 1410. The molecule has 1 saturated heterocycles. The van der Waals surface area contributed by atoms with Gasteiger partial charge in [0.2, 0.25) is 10.0 Å². The average molecular weight is 612 g/mol. The van der Waals surface area contributed by atoms with Crippen LogP contribution in [-0.4, -0.2) is 72.4 Å². The highest BCUT2D eigenvalue weighted by Gasteiger charge is 2.51. The van der Waals surface area contributed by atoms with Crippen molar-refractivity contribution < 1.29 is 22.8 Å². The Labute approximate surface area is 258 Å². The number of hydrogen-bond donors (Lipinski definition) is 3. The number of urea groups is 1. The van der Waals surface area contributed by atoms with Crippen molar-refractivity contribution in [2.45, 2.75) is 97.8 Å². The van der Waals surface area contributed by atoms with E-state index in [4.69, 9.17) is 0 Å². The number of likely N-dealkylation sites (N-methyl/N-ethyl adjacent to an activating group) is 1. The summed E-state index contributed by atoms with van der Waals surface area (Å²) < 4.78 is 27.1. The molecule has 43 heavy (non-hydrogen) atoms. The average Bonchev–Trinajstić information content (AvgIpc) is 3.25. The van der Waals surface area contributed by atoms with E-state index in [2.05, 4.69) is 38.3 Å². The van der Waals surface area contributed by atoms with Gasteiger partial charge in [0.25, 0.3) is 0 Å². The number of allylic oxidation sites excluding steroid dienone is 3. The molecular weight excluding hydrogens is 560 g/mol. The SMILES string of the molecule is CC[N+]1(C(=O)N[C@@H](Cc2ccccc2)[C@H](O)CNC2C(C)(C)CCCC2(C)C)C=C2CCS(=O)(=O)N(C)C3=CCCC1=C23. The van der Waals surface area contributed by atoms with Crippen LogP contribution in [0.2, 0.25) is 0 Å². The topological polar surface area (TPSA) is 98.7 Å². The molecule has 0 aromatic heterocycles. The van der Waals surface area contributed by atoms with Crippen molar-refractivity contribution in [3.05, 3.63) is 70.7 Å². The van der Waals surface area contributed by atoms with Gasteiger partial charge in [-0.15, -0.1) is 0 Å². The Morgan fingerprint density at radius 3 is 2.44 bits per heavy atom. The van der Waals surface area contributed by atoms with Crippen LogP contribution in [-0.2, 0) is 16.4 Å². The molecule has 0 bridgehead atoms. The molecular formula is C34H51N4O4S+. The monoisotopic (exact) mass is 611 g/mol. The lowest BCUT2D eigenvalue weighted by atomic mass is 9.61. The number of nitrogens with zero attached hydrogens (tertiary/aromatic N) is 2. The predicted octanol–water partition coefficient (Wildman–Crippen LogP) is 5.19.